The van der Waals surface area contributed by atoms with Crippen LogP contribution in [0.5, 0.6) is 0 Å². The lowest BCUT2D eigenvalue weighted by molar-refractivity contribution is 0.159. The molecule has 0 unspecified atom stereocenters. The topological polar surface area (TPSA) is 61.4 Å². The van der Waals surface area contributed by atoms with Crippen molar-refractivity contribution in [3.8, 4) is 0 Å². The molecule has 0 heterocycles. The molecule has 0 radical (unpaired) electrons. The van der Waals surface area contributed by atoms with Crippen LogP contribution in [0.1, 0.15) is 23.1 Å². The molecule has 0 saturated heterocycles. The van der Waals surface area contributed by atoms with Gasteiger partial charge in [0.1, 0.15) is 5.82 Å². The number of hydrogen-bond donors (Lipinski definition) is 3. The van der Waals surface area contributed by atoms with Crippen molar-refractivity contribution in [3.05, 3.63) is 65.0 Å². The summed E-state index contributed by atoms with van der Waals surface area (Å²) >= 11 is 0. The number of halogens is 1. The quantitative estimate of drug-likeness (QED) is 0.815. The van der Waals surface area contributed by atoms with Gasteiger partial charge in [-0.25, -0.2) is 9.18 Å². The molecule has 0 aromatic heterocycles. The molecule has 0 aliphatic heterocycles. The van der Waals surface area contributed by atoms with Gasteiger partial charge in [0.25, 0.3) is 0 Å². The Labute approximate surface area is 134 Å². The van der Waals surface area contributed by atoms with Gasteiger partial charge in [-0.2, -0.15) is 0 Å². The monoisotopic (exact) mass is 314 g/mol. The lowest BCUT2D eigenvalue weighted by Crippen LogP contribution is -2.29. The summed E-state index contributed by atoms with van der Waals surface area (Å²) in [5, 5.41) is 15.4. The van der Waals surface area contributed by atoms with Gasteiger partial charge in [-0.15, -0.1) is 0 Å². The molecule has 5 heteroatoms. The highest BCUT2D eigenvalue weighted by Gasteiger charge is 2.19. The number of amides is 2. The number of benzene rings is 2. The number of hydrogen-bond acceptors (Lipinski definition) is 2. The summed E-state index contributed by atoms with van der Waals surface area (Å²) in [7, 11) is 0. The summed E-state index contributed by atoms with van der Waals surface area (Å²) in [5.41, 5.74) is 3.74. The zero-order valence-electron chi connectivity index (χ0n) is 12.7. The maximum absolute atomic E-state index is 12.8. The van der Waals surface area contributed by atoms with E-state index < -0.39 is 0 Å². The number of nitrogens with one attached hydrogen (secondary N) is 2. The van der Waals surface area contributed by atoms with Crippen molar-refractivity contribution in [1.82, 2.24) is 5.32 Å². The number of carbonyl (C=O) groups is 1. The van der Waals surface area contributed by atoms with Gasteiger partial charge in [0, 0.05) is 18.7 Å². The predicted molar refractivity (Wildman–Crippen MR) is 86.7 cm³/mol. The summed E-state index contributed by atoms with van der Waals surface area (Å²) in [5.74, 6) is -0.298. The first-order valence-electron chi connectivity index (χ1n) is 7.70. The number of anilines is 1. The Kier molecular flexibility index (Phi) is 4.57. The molecule has 3 rings (SSSR count). The van der Waals surface area contributed by atoms with E-state index in [-0.39, 0.29) is 18.0 Å². The molecule has 0 bridgehead atoms. The third-order valence-corrected chi connectivity index (χ3v) is 4.07. The van der Waals surface area contributed by atoms with Crippen molar-refractivity contribution in [2.24, 2.45) is 0 Å². The first kappa shape index (κ1) is 15.5. The number of aliphatic hydroxyl groups excluding tert-OH is 1. The van der Waals surface area contributed by atoms with Crippen LogP contribution in [0.25, 0.3) is 0 Å². The predicted octanol–water partition coefficient (Wildman–Crippen LogP) is 3.00. The number of fused-ring (bicyclic) bond motifs is 1. The van der Waals surface area contributed by atoms with Crippen molar-refractivity contribution < 1.29 is 14.3 Å². The summed E-state index contributed by atoms with van der Waals surface area (Å²) in [6.45, 7) is 0.323. The Morgan fingerprint density at radius 3 is 2.78 bits per heavy atom. The van der Waals surface area contributed by atoms with E-state index >= 15 is 0 Å². The Morgan fingerprint density at radius 1 is 1.22 bits per heavy atom. The lowest BCUT2D eigenvalue weighted by atomic mass is 9.88. The van der Waals surface area contributed by atoms with Crippen LogP contribution in [0.3, 0.4) is 0 Å². The van der Waals surface area contributed by atoms with Gasteiger partial charge in [-0.3, -0.25) is 0 Å². The number of aryl methyl sites for hydroxylation is 1. The molecule has 1 atom stereocenters. The third kappa shape index (κ3) is 3.87. The molecule has 3 N–H and O–H groups in total. The second kappa shape index (κ2) is 6.79. The SMILES string of the molecule is O=C(NCc1ccc(F)cc1)Nc1cccc2c1C[C@H](O)CC2. The van der Waals surface area contributed by atoms with Gasteiger partial charge in [0.15, 0.2) is 0 Å². The van der Waals surface area contributed by atoms with Crippen LogP contribution in [0.2, 0.25) is 0 Å². The molecule has 1 aliphatic rings. The minimum absolute atomic E-state index is 0.298. The standard InChI is InChI=1S/C18H19FN2O2/c19-14-7-4-12(5-8-14)11-20-18(23)21-17-3-1-2-13-6-9-15(22)10-16(13)17/h1-5,7-8,15,22H,6,9-11H2,(H2,20,21,23)/t15-/m1/s1. The molecular weight excluding hydrogens is 295 g/mol. The Morgan fingerprint density at radius 2 is 2.00 bits per heavy atom. The first-order chi connectivity index (χ1) is 11.1. The van der Waals surface area contributed by atoms with Crippen LogP contribution in [0.15, 0.2) is 42.5 Å². The van der Waals surface area contributed by atoms with Crippen molar-refractivity contribution in [2.75, 3.05) is 5.32 Å². The number of rotatable bonds is 3. The van der Waals surface area contributed by atoms with Gasteiger partial charge in [-0.1, -0.05) is 24.3 Å². The molecule has 0 spiro atoms. The number of aliphatic hydroxyl groups is 1. The van der Waals surface area contributed by atoms with Gasteiger partial charge in [0.05, 0.1) is 6.10 Å². The maximum atomic E-state index is 12.8. The summed E-state index contributed by atoms with van der Waals surface area (Å²) in [4.78, 5) is 12.1. The molecule has 4 nitrogen and oxygen atoms in total. The fraction of sp³-hybridized carbons (Fsp3) is 0.278. The fourth-order valence-corrected chi connectivity index (χ4v) is 2.84. The third-order valence-electron chi connectivity index (χ3n) is 4.07. The summed E-state index contributed by atoms with van der Waals surface area (Å²) in [6.07, 6.45) is 1.79. The van der Waals surface area contributed by atoms with Crippen molar-refractivity contribution in [1.29, 1.82) is 0 Å². The van der Waals surface area contributed by atoms with E-state index in [1.165, 1.54) is 17.7 Å². The molecule has 2 aromatic rings. The Bertz CT molecular complexity index is 701. The molecule has 0 fully saturated rings. The van der Waals surface area contributed by atoms with Crippen LogP contribution in [0.4, 0.5) is 14.9 Å². The fourth-order valence-electron chi connectivity index (χ4n) is 2.84. The number of urea groups is 1. The van der Waals surface area contributed by atoms with E-state index in [0.717, 1.165) is 29.7 Å². The average molecular weight is 314 g/mol. The van der Waals surface area contributed by atoms with Gasteiger partial charge < -0.3 is 15.7 Å². The Hall–Kier alpha value is -2.40. The second-order valence-electron chi connectivity index (χ2n) is 5.77. The van der Waals surface area contributed by atoms with E-state index in [1.54, 1.807) is 12.1 Å². The van der Waals surface area contributed by atoms with E-state index in [4.69, 9.17) is 0 Å². The molecular formula is C18H19FN2O2. The van der Waals surface area contributed by atoms with E-state index in [0.29, 0.717) is 13.0 Å². The molecule has 1 aliphatic carbocycles. The van der Waals surface area contributed by atoms with Gasteiger partial charge >= 0.3 is 6.03 Å². The summed E-state index contributed by atoms with van der Waals surface area (Å²) < 4.78 is 12.8. The second-order valence-corrected chi connectivity index (χ2v) is 5.77. The molecule has 2 amide bonds. The van der Waals surface area contributed by atoms with Crippen LogP contribution in [-0.4, -0.2) is 17.2 Å². The maximum Gasteiger partial charge on any atom is 0.319 e. The highest BCUT2D eigenvalue weighted by Crippen LogP contribution is 2.28. The van der Waals surface area contributed by atoms with Crippen LogP contribution in [-0.2, 0) is 19.4 Å². The smallest absolute Gasteiger partial charge is 0.319 e. The van der Waals surface area contributed by atoms with Crippen molar-refractivity contribution in [3.63, 3.8) is 0 Å². The molecule has 2 aromatic carbocycles. The van der Waals surface area contributed by atoms with Crippen LogP contribution < -0.4 is 10.6 Å². The van der Waals surface area contributed by atoms with E-state index in [9.17, 15) is 14.3 Å². The highest BCUT2D eigenvalue weighted by molar-refractivity contribution is 5.90. The van der Waals surface area contributed by atoms with Crippen molar-refractivity contribution in [2.45, 2.75) is 31.9 Å². The molecule has 23 heavy (non-hydrogen) atoms. The minimum atomic E-state index is -0.354. The Balaban J connectivity index is 1.63. The largest absolute Gasteiger partial charge is 0.393 e. The minimum Gasteiger partial charge on any atom is -0.393 e. The first-order valence-corrected chi connectivity index (χ1v) is 7.70. The highest BCUT2D eigenvalue weighted by atomic mass is 19.1. The van der Waals surface area contributed by atoms with E-state index in [2.05, 4.69) is 10.6 Å². The van der Waals surface area contributed by atoms with Gasteiger partial charge in [-0.05, 0) is 47.7 Å². The zero-order chi connectivity index (χ0) is 16.2. The number of carbonyl (C=O) groups excluding carboxylic acids is 1. The van der Waals surface area contributed by atoms with Crippen LogP contribution >= 0.6 is 0 Å². The average Bonchev–Trinajstić information content (AvgIpc) is 2.55. The molecule has 0 saturated carbocycles. The van der Waals surface area contributed by atoms with E-state index in [1.807, 2.05) is 18.2 Å². The van der Waals surface area contributed by atoms with Crippen molar-refractivity contribution >= 4 is 11.7 Å². The van der Waals surface area contributed by atoms with Gasteiger partial charge in [0.2, 0.25) is 0 Å². The normalized spacial score (nSPS) is 16.5. The summed E-state index contributed by atoms with van der Waals surface area (Å²) in [6, 6.07) is 11.5. The lowest BCUT2D eigenvalue weighted by Gasteiger charge is -2.23. The zero-order valence-corrected chi connectivity index (χ0v) is 12.7. The molecule has 120 valence electrons. The van der Waals surface area contributed by atoms with Crippen LogP contribution in [0, 0.1) is 5.82 Å².